The summed E-state index contributed by atoms with van der Waals surface area (Å²) in [4.78, 5) is 12.1. The lowest BCUT2D eigenvalue weighted by Gasteiger charge is -2.05. The molecule has 0 amide bonds. The summed E-state index contributed by atoms with van der Waals surface area (Å²) < 4.78 is 5.40. The van der Waals surface area contributed by atoms with Crippen LogP contribution in [0.3, 0.4) is 0 Å². The molecule has 0 spiro atoms. The Kier molecular flexibility index (Phi) is 4.31. The van der Waals surface area contributed by atoms with Gasteiger partial charge < -0.3 is 4.74 Å². The summed E-state index contributed by atoms with van der Waals surface area (Å²) in [5.41, 5.74) is 4.35. The molecule has 0 aliphatic carbocycles. The molecule has 0 radical (unpaired) electrons. The van der Waals surface area contributed by atoms with E-state index in [2.05, 4.69) is 10.2 Å². The van der Waals surface area contributed by atoms with Gasteiger partial charge in [0.25, 0.3) is 0 Å². The number of carbonyl (C=O) groups excluding carboxylic acids is 1. The molecule has 1 heterocycles. The van der Waals surface area contributed by atoms with Gasteiger partial charge in [0.2, 0.25) is 0 Å². The molecule has 4 nitrogen and oxygen atoms in total. The molecule has 1 N–H and O–H groups in total. The van der Waals surface area contributed by atoms with E-state index in [1.807, 2.05) is 66.7 Å². The van der Waals surface area contributed by atoms with Crippen molar-refractivity contribution in [1.82, 2.24) is 10.2 Å². The van der Waals surface area contributed by atoms with E-state index in [-0.39, 0.29) is 5.97 Å². The molecule has 0 aliphatic heterocycles. The Bertz CT molecular complexity index is 1010. The van der Waals surface area contributed by atoms with Crippen LogP contribution in [0.1, 0.15) is 10.4 Å². The first kappa shape index (κ1) is 15.8. The maximum atomic E-state index is 12.1. The molecule has 0 bridgehead atoms. The molecular formula is C22H16N2O2. The molecule has 0 unspecified atom stereocenters. The topological polar surface area (TPSA) is 55.0 Å². The van der Waals surface area contributed by atoms with Crippen LogP contribution in [0, 0.1) is 0 Å². The first-order chi connectivity index (χ1) is 12.8. The van der Waals surface area contributed by atoms with Gasteiger partial charge in [0.15, 0.2) is 0 Å². The molecule has 126 valence electrons. The number of nitrogens with one attached hydrogen (secondary N) is 1. The Morgan fingerprint density at radius 3 is 2.12 bits per heavy atom. The lowest BCUT2D eigenvalue weighted by Crippen LogP contribution is -2.07. The van der Waals surface area contributed by atoms with Crippen LogP contribution in [0.15, 0.2) is 91.0 Å². The number of aromatic nitrogens is 2. The van der Waals surface area contributed by atoms with E-state index in [0.717, 1.165) is 22.5 Å². The number of carbonyl (C=O) groups is 1. The van der Waals surface area contributed by atoms with Crippen molar-refractivity contribution in [2.45, 2.75) is 0 Å². The van der Waals surface area contributed by atoms with Crippen LogP contribution in [-0.4, -0.2) is 16.2 Å². The number of H-pyrrole nitrogens is 1. The van der Waals surface area contributed by atoms with E-state index < -0.39 is 0 Å². The van der Waals surface area contributed by atoms with Crippen LogP contribution in [-0.2, 0) is 0 Å². The quantitative estimate of drug-likeness (QED) is 0.422. The number of hydrogen-bond donors (Lipinski definition) is 1. The number of ether oxygens (including phenoxy) is 1. The van der Waals surface area contributed by atoms with Gasteiger partial charge in [0, 0.05) is 5.56 Å². The molecule has 3 aromatic carbocycles. The van der Waals surface area contributed by atoms with E-state index in [0.29, 0.717) is 11.3 Å². The summed E-state index contributed by atoms with van der Waals surface area (Å²) >= 11 is 0. The van der Waals surface area contributed by atoms with Crippen molar-refractivity contribution in [2.24, 2.45) is 0 Å². The molecule has 0 aliphatic rings. The van der Waals surface area contributed by atoms with Gasteiger partial charge in [0.05, 0.1) is 17.0 Å². The zero-order valence-electron chi connectivity index (χ0n) is 13.9. The van der Waals surface area contributed by atoms with Crippen LogP contribution >= 0.6 is 0 Å². The molecule has 4 rings (SSSR count). The van der Waals surface area contributed by atoms with E-state index >= 15 is 0 Å². The van der Waals surface area contributed by atoms with Crippen molar-refractivity contribution in [3.63, 3.8) is 0 Å². The Morgan fingerprint density at radius 1 is 0.769 bits per heavy atom. The van der Waals surface area contributed by atoms with Crippen LogP contribution in [0.25, 0.3) is 22.5 Å². The molecule has 1 aromatic heterocycles. The fourth-order valence-electron chi connectivity index (χ4n) is 2.67. The second-order valence-electron chi connectivity index (χ2n) is 5.81. The second-order valence-corrected chi connectivity index (χ2v) is 5.81. The maximum Gasteiger partial charge on any atom is 0.343 e. The first-order valence-corrected chi connectivity index (χ1v) is 8.28. The van der Waals surface area contributed by atoms with Crippen LogP contribution in [0.2, 0.25) is 0 Å². The van der Waals surface area contributed by atoms with Gasteiger partial charge in [-0.3, -0.25) is 5.10 Å². The number of rotatable bonds is 4. The van der Waals surface area contributed by atoms with Gasteiger partial charge in [-0.25, -0.2) is 4.79 Å². The highest BCUT2D eigenvalue weighted by molar-refractivity contribution is 5.91. The van der Waals surface area contributed by atoms with Crippen molar-refractivity contribution in [2.75, 3.05) is 0 Å². The van der Waals surface area contributed by atoms with Crippen LogP contribution in [0.4, 0.5) is 0 Å². The van der Waals surface area contributed by atoms with Gasteiger partial charge in [-0.2, -0.15) is 5.10 Å². The molecule has 26 heavy (non-hydrogen) atoms. The summed E-state index contributed by atoms with van der Waals surface area (Å²) in [6, 6.07) is 28.3. The minimum absolute atomic E-state index is 0.369. The second kappa shape index (κ2) is 7.07. The third kappa shape index (κ3) is 3.39. The molecule has 4 heteroatoms. The minimum atomic E-state index is -0.369. The summed E-state index contributed by atoms with van der Waals surface area (Å²) in [6.07, 6.45) is 0. The van der Waals surface area contributed by atoms with E-state index in [1.165, 1.54) is 0 Å². The monoisotopic (exact) mass is 340 g/mol. The normalized spacial score (nSPS) is 10.5. The average molecular weight is 340 g/mol. The van der Waals surface area contributed by atoms with Crippen molar-refractivity contribution in [3.05, 3.63) is 96.6 Å². The molecule has 4 aromatic rings. The van der Waals surface area contributed by atoms with Crippen molar-refractivity contribution >= 4 is 5.97 Å². The lowest BCUT2D eigenvalue weighted by atomic mass is 10.1. The van der Waals surface area contributed by atoms with Crippen LogP contribution < -0.4 is 4.74 Å². The van der Waals surface area contributed by atoms with Gasteiger partial charge in [-0.15, -0.1) is 0 Å². The third-order valence-corrected chi connectivity index (χ3v) is 4.03. The number of aromatic amines is 1. The summed E-state index contributed by atoms with van der Waals surface area (Å²) in [5.74, 6) is 0.136. The summed E-state index contributed by atoms with van der Waals surface area (Å²) in [5, 5.41) is 7.41. The van der Waals surface area contributed by atoms with Crippen LogP contribution in [0.5, 0.6) is 5.75 Å². The number of nitrogens with zero attached hydrogens (tertiary/aromatic N) is 1. The zero-order chi connectivity index (χ0) is 17.8. The highest BCUT2D eigenvalue weighted by Crippen LogP contribution is 2.25. The molecule has 0 saturated carbocycles. The summed E-state index contributed by atoms with van der Waals surface area (Å²) in [7, 11) is 0. The van der Waals surface area contributed by atoms with Crippen molar-refractivity contribution in [3.8, 4) is 28.3 Å². The molecule has 0 saturated heterocycles. The Labute approximate surface area is 151 Å². The predicted molar refractivity (Wildman–Crippen MR) is 101 cm³/mol. The fraction of sp³-hybridized carbons (Fsp3) is 0. The Morgan fingerprint density at radius 2 is 1.42 bits per heavy atom. The highest BCUT2D eigenvalue weighted by atomic mass is 16.5. The lowest BCUT2D eigenvalue weighted by molar-refractivity contribution is 0.0735. The number of benzene rings is 3. The SMILES string of the molecule is O=C(Oc1ccc(-c2cc(-c3ccccc3)n[nH]2)cc1)c1ccccc1. The average Bonchev–Trinajstić information content (AvgIpc) is 3.20. The van der Waals surface area contributed by atoms with Gasteiger partial charge in [-0.1, -0.05) is 48.5 Å². The van der Waals surface area contributed by atoms with E-state index in [9.17, 15) is 4.79 Å². The number of hydrogen-bond acceptors (Lipinski definition) is 3. The minimum Gasteiger partial charge on any atom is -0.423 e. The summed E-state index contributed by atoms with van der Waals surface area (Å²) in [6.45, 7) is 0. The third-order valence-electron chi connectivity index (χ3n) is 4.03. The van der Waals surface area contributed by atoms with E-state index in [4.69, 9.17) is 4.74 Å². The Balaban J connectivity index is 1.50. The van der Waals surface area contributed by atoms with Gasteiger partial charge in [-0.05, 0) is 48.0 Å². The van der Waals surface area contributed by atoms with E-state index in [1.54, 1.807) is 24.3 Å². The fourth-order valence-corrected chi connectivity index (χ4v) is 2.67. The van der Waals surface area contributed by atoms with Crippen molar-refractivity contribution < 1.29 is 9.53 Å². The zero-order valence-corrected chi connectivity index (χ0v) is 13.9. The predicted octanol–water partition coefficient (Wildman–Crippen LogP) is 4.96. The highest BCUT2D eigenvalue weighted by Gasteiger charge is 2.09. The maximum absolute atomic E-state index is 12.1. The Hall–Kier alpha value is -3.66. The van der Waals surface area contributed by atoms with Crippen molar-refractivity contribution in [1.29, 1.82) is 0 Å². The largest absolute Gasteiger partial charge is 0.423 e. The van der Waals surface area contributed by atoms with Gasteiger partial charge in [0.1, 0.15) is 5.75 Å². The molecule has 0 atom stereocenters. The first-order valence-electron chi connectivity index (χ1n) is 8.28. The number of esters is 1. The van der Waals surface area contributed by atoms with Gasteiger partial charge >= 0.3 is 5.97 Å². The molecule has 0 fully saturated rings. The smallest absolute Gasteiger partial charge is 0.343 e. The molecular weight excluding hydrogens is 324 g/mol. The standard InChI is InChI=1S/C22H16N2O2/c25-22(18-9-5-2-6-10-18)26-19-13-11-17(12-14-19)21-15-20(23-24-21)16-7-3-1-4-8-16/h1-15H,(H,23,24).